The van der Waals surface area contributed by atoms with Gasteiger partial charge in [-0.25, -0.2) is 0 Å². The number of nitrogens with one attached hydrogen (secondary N) is 1. The lowest BCUT2D eigenvalue weighted by Crippen LogP contribution is -2.15. The molecule has 0 radical (unpaired) electrons. The lowest BCUT2D eigenvalue weighted by atomic mass is 10.3. The van der Waals surface area contributed by atoms with Crippen LogP contribution in [0.25, 0.3) is 11.4 Å². The summed E-state index contributed by atoms with van der Waals surface area (Å²) in [5, 5.41) is 3.10. The fraction of sp³-hybridized carbons (Fsp3) is 0.333. The van der Waals surface area contributed by atoms with Gasteiger partial charge in [-0.05, 0) is 19.1 Å². The predicted octanol–water partition coefficient (Wildman–Crippen LogP) is 1.43. The van der Waals surface area contributed by atoms with Crippen LogP contribution in [0.1, 0.15) is 6.92 Å². The molecule has 0 saturated heterocycles. The van der Waals surface area contributed by atoms with Crippen molar-refractivity contribution in [1.82, 2.24) is 19.9 Å². The molecule has 2 aromatic rings. The molecule has 0 aliphatic rings. The Labute approximate surface area is 106 Å². The fourth-order valence-corrected chi connectivity index (χ4v) is 1.43. The van der Waals surface area contributed by atoms with E-state index < -0.39 is 0 Å². The molecule has 2 aromatic heterocycles. The Morgan fingerprint density at radius 3 is 2.67 bits per heavy atom. The molecule has 94 valence electrons. The number of rotatable bonds is 4. The molecular weight excluding hydrogens is 228 g/mol. The van der Waals surface area contributed by atoms with Gasteiger partial charge in [-0.3, -0.25) is 4.98 Å². The highest BCUT2D eigenvalue weighted by Gasteiger charge is 2.09. The van der Waals surface area contributed by atoms with E-state index in [9.17, 15) is 0 Å². The van der Waals surface area contributed by atoms with Gasteiger partial charge in [0.2, 0.25) is 11.9 Å². The van der Waals surface area contributed by atoms with Crippen molar-refractivity contribution in [3.8, 4) is 11.4 Å². The lowest BCUT2D eigenvalue weighted by Gasteiger charge is -2.12. The number of pyridine rings is 1. The van der Waals surface area contributed by atoms with Crippen LogP contribution in [0.15, 0.2) is 24.5 Å². The Morgan fingerprint density at radius 1 is 1.22 bits per heavy atom. The highest BCUT2D eigenvalue weighted by molar-refractivity contribution is 5.56. The minimum Gasteiger partial charge on any atom is -0.354 e. The minimum atomic E-state index is 0.579. The first-order chi connectivity index (χ1) is 8.70. The Kier molecular flexibility index (Phi) is 3.66. The number of anilines is 2. The van der Waals surface area contributed by atoms with Gasteiger partial charge in [0.05, 0.1) is 0 Å². The molecule has 1 N–H and O–H groups in total. The first-order valence-corrected chi connectivity index (χ1v) is 5.78. The Morgan fingerprint density at radius 2 is 2.06 bits per heavy atom. The summed E-state index contributed by atoms with van der Waals surface area (Å²) in [5.74, 6) is 1.83. The number of hydrogen-bond acceptors (Lipinski definition) is 6. The standard InChI is InChI=1S/C12H16N6/c1-4-14-11-15-10(9-6-5-7-13-8-9)16-12(17-11)18(2)3/h5-8H,4H2,1-3H3,(H,14,15,16,17). The van der Waals surface area contributed by atoms with Gasteiger partial charge < -0.3 is 10.2 Å². The largest absolute Gasteiger partial charge is 0.354 e. The van der Waals surface area contributed by atoms with E-state index in [1.54, 1.807) is 12.4 Å². The van der Waals surface area contributed by atoms with Crippen molar-refractivity contribution >= 4 is 11.9 Å². The molecule has 0 unspecified atom stereocenters. The second-order valence-corrected chi connectivity index (χ2v) is 3.95. The van der Waals surface area contributed by atoms with Gasteiger partial charge in [0.15, 0.2) is 5.82 Å². The van der Waals surface area contributed by atoms with Crippen molar-refractivity contribution in [2.45, 2.75) is 6.92 Å². The maximum atomic E-state index is 4.41. The van der Waals surface area contributed by atoms with Crippen LogP contribution in [0, 0.1) is 0 Å². The van der Waals surface area contributed by atoms with Crippen molar-refractivity contribution in [3.05, 3.63) is 24.5 Å². The molecule has 0 atom stereocenters. The summed E-state index contributed by atoms with van der Waals surface area (Å²) < 4.78 is 0. The second kappa shape index (κ2) is 5.39. The van der Waals surface area contributed by atoms with Crippen LogP contribution in [0.5, 0.6) is 0 Å². The zero-order valence-electron chi connectivity index (χ0n) is 10.8. The van der Waals surface area contributed by atoms with Crippen molar-refractivity contribution in [3.63, 3.8) is 0 Å². The van der Waals surface area contributed by atoms with E-state index in [4.69, 9.17) is 0 Å². The predicted molar refractivity (Wildman–Crippen MR) is 71.5 cm³/mol. The van der Waals surface area contributed by atoms with Crippen LogP contribution in [0.3, 0.4) is 0 Å². The van der Waals surface area contributed by atoms with Crippen LogP contribution in [-0.4, -0.2) is 40.6 Å². The summed E-state index contributed by atoms with van der Waals surface area (Å²) >= 11 is 0. The third kappa shape index (κ3) is 2.71. The van der Waals surface area contributed by atoms with Crippen LogP contribution in [-0.2, 0) is 0 Å². The molecule has 0 bridgehead atoms. The van der Waals surface area contributed by atoms with E-state index in [1.807, 2.05) is 38.1 Å². The monoisotopic (exact) mass is 244 g/mol. The second-order valence-electron chi connectivity index (χ2n) is 3.95. The van der Waals surface area contributed by atoms with E-state index in [0.29, 0.717) is 17.7 Å². The quantitative estimate of drug-likeness (QED) is 0.877. The fourth-order valence-electron chi connectivity index (χ4n) is 1.43. The average molecular weight is 244 g/mol. The Bertz CT molecular complexity index is 511. The van der Waals surface area contributed by atoms with Crippen LogP contribution in [0.4, 0.5) is 11.9 Å². The van der Waals surface area contributed by atoms with Crippen molar-refractivity contribution in [1.29, 1.82) is 0 Å². The van der Waals surface area contributed by atoms with Gasteiger partial charge in [-0.15, -0.1) is 0 Å². The summed E-state index contributed by atoms with van der Waals surface area (Å²) in [5.41, 5.74) is 0.877. The lowest BCUT2D eigenvalue weighted by molar-refractivity contribution is 0.953. The summed E-state index contributed by atoms with van der Waals surface area (Å²) in [6.07, 6.45) is 3.47. The maximum Gasteiger partial charge on any atom is 0.230 e. The van der Waals surface area contributed by atoms with Gasteiger partial charge in [0, 0.05) is 38.6 Å². The van der Waals surface area contributed by atoms with E-state index in [1.165, 1.54) is 0 Å². The van der Waals surface area contributed by atoms with Gasteiger partial charge in [-0.1, -0.05) is 0 Å². The first kappa shape index (κ1) is 12.2. The Hall–Kier alpha value is -2.24. The third-order valence-electron chi connectivity index (χ3n) is 2.28. The zero-order valence-corrected chi connectivity index (χ0v) is 10.8. The number of nitrogens with zero attached hydrogens (tertiary/aromatic N) is 5. The molecule has 0 spiro atoms. The van der Waals surface area contributed by atoms with Gasteiger partial charge >= 0.3 is 0 Å². The van der Waals surface area contributed by atoms with Crippen molar-refractivity contribution in [2.75, 3.05) is 30.9 Å². The van der Waals surface area contributed by atoms with E-state index in [0.717, 1.165) is 12.1 Å². The summed E-state index contributed by atoms with van der Waals surface area (Å²) in [6, 6.07) is 3.79. The average Bonchev–Trinajstić information content (AvgIpc) is 2.40. The molecule has 0 aliphatic carbocycles. The molecule has 0 aromatic carbocycles. The van der Waals surface area contributed by atoms with Crippen LogP contribution < -0.4 is 10.2 Å². The molecule has 0 fully saturated rings. The molecule has 6 heteroatoms. The SMILES string of the molecule is CCNc1nc(-c2cccnc2)nc(N(C)C)n1. The smallest absolute Gasteiger partial charge is 0.230 e. The van der Waals surface area contributed by atoms with Crippen LogP contribution >= 0.6 is 0 Å². The van der Waals surface area contributed by atoms with Gasteiger partial charge in [-0.2, -0.15) is 15.0 Å². The molecule has 2 heterocycles. The number of hydrogen-bond donors (Lipinski definition) is 1. The minimum absolute atomic E-state index is 0.579. The Balaban J connectivity index is 2.46. The highest BCUT2D eigenvalue weighted by atomic mass is 15.3. The first-order valence-electron chi connectivity index (χ1n) is 5.78. The van der Waals surface area contributed by atoms with Gasteiger partial charge in [0.1, 0.15) is 0 Å². The summed E-state index contributed by atoms with van der Waals surface area (Å²) in [4.78, 5) is 19.0. The maximum absolute atomic E-state index is 4.41. The molecular formula is C12H16N6. The van der Waals surface area contributed by atoms with Gasteiger partial charge in [0.25, 0.3) is 0 Å². The van der Waals surface area contributed by atoms with Crippen molar-refractivity contribution < 1.29 is 0 Å². The summed E-state index contributed by atoms with van der Waals surface area (Å²) in [6.45, 7) is 2.77. The topological polar surface area (TPSA) is 66.8 Å². The van der Waals surface area contributed by atoms with E-state index in [2.05, 4.69) is 25.3 Å². The van der Waals surface area contributed by atoms with Crippen LogP contribution in [0.2, 0.25) is 0 Å². The molecule has 2 rings (SSSR count). The normalized spacial score (nSPS) is 10.2. The van der Waals surface area contributed by atoms with Crippen molar-refractivity contribution in [2.24, 2.45) is 0 Å². The zero-order chi connectivity index (χ0) is 13.0. The third-order valence-corrected chi connectivity index (χ3v) is 2.28. The van der Waals surface area contributed by atoms with E-state index in [-0.39, 0.29) is 0 Å². The number of aromatic nitrogens is 4. The molecule has 18 heavy (non-hydrogen) atoms. The molecule has 0 amide bonds. The highest BCUT2D eigenvalue weighted by Crippen LogP contribution is 2.17. The molecule has 6 nitrogen and oxygen atoms in total. The molecule has 0 saturated carbocycles. The van der Waals surface area contributed by atoms with E-state index >= 15 is 0 Å². The molecule has 0 aliphatic heterocycles. The summed E-state index contributed by atoms with van der Waals surface area (Å²) in [7, 11) is 3.80.